The van der Waals surface area contributed by atoms with E-state index in [0.29, 0.717) is 65.8 Å². The monoisotopic (exact) mass is 571 g/mol. The zero-order valence-electron chi connectivity index (χ0n) is 22.0. The average molecular weight is 572 g/mol. The van der Waals surface area contributed by atoms with E-state index in [1.807, 2.05) is 6.07 Å². The molecule has 5 rings (SSSR count). The Labute approximate surface area is 241 Å². The summed E-state index contributed by atoms with van der Waals surface area (Å²) in [6.45, 7) is 2.36. The van der Waals surface area contributed by atoms with E-state index in [2.05, 4.69) is 20.5 Å². The van der Waals surface area contributed by atoms with Crippen LogP contribution in [-0.2, 0) is 6.54 Å². The fourth-order valence-corrected chi connectivity index (χ4v) is 4.73. The van der Waals surface area contributed by atoms with Crippen LogP contribution < -0.4 is 10.6 Å². The van der Waals surface area contributed by atoms with Crippen LogP contribution in [-0.4, -0.2) is 58.7 Å². The quantitative estimate of drug-likeness (QED) is 0.219. The minimum atomic E-state index is -0.605. The van der Waals surface area contributed by atoms with Crippen LogP contribution in [0.3, 0.4) is 0 Å². The second-order valence-corrected chi connectivity index (χ2v) is 9.96. The molecule has 0 radical (unpaired) electrons. The van der Waals surface area contributed by atoms with Gasteiger partial charge in [0.1, 0.15) is 5.15 Å². The zero-order chi connectivity index (χ0) is 28.8. The highest BCUT2D eigenvalue weighted by molar-refractivity contribution is 6.29. The SMILES string of the molecule is O=C(Nc1ccc(Cl)nc1)Nc1cccc(CN2CCN(C(=O)c3cccc(C(=O)c4ccccc4)c3)CC2)c1F. The number of urea groups is 1. The summed E-state index contributed by atoms with van der Waals surface area (Å²) in [4.78, 5) is 46.1. The lowest BCUT2D eigenvalue weighted by molar-refractivity contribution is 0.0627. The van der Waals surface area contributed by atoms with Crippen LogP contribution in [0.1, 0.15) is 31.8 Å². The normalized spacial score (nSPS) is 13.5. The van der Waals surface area contributed by atoms with Gasteiger partial charge in [0.05, 0.1) is 17.6 Å². The van der Waals surface area contributed by atoms with Gasteiger partial charge in [0.15, 0.2) is 11.6 Å². The molecule has 0 aliphatic carbocycles. The van der Waals surface area contributed by atoms with Crippen molar-refractivity contribution in [1.82, 2.24) is 14.8 Å². The largest absolute Gasteiger partial charge is 0.336 e. The number of benzene rings is 3. The van der Waals surface area contributed by atoms with E-state index in [1.54, 1.807) is 71.6 Å². The Morgan fingerprint density at radius 2 is 1.51 bits per heavy atom. The molecule has 4 aromatic rings. The Hall–Kier alpha value is -4.60. The van der Waals surface area contributed by atoms with Gasteiger partial charge in [-0.25, -0.2) is 14.2 Å². The van der Waals surface area contributed by atoms with Gasteiger partial charge >= 0.3 is 6.03 Å². The second kappa shape index (κ2) is 12.7. The first-order valence-electron chi connectivity index (χ1n) is 13.1. The van der Waals surface area contributed by atoms with E-state index in [0.717, 1.165) is 0 Å². The first-order valence-corrected chi connectivity index (χ1v) is 13.4. The molecule has 0 atom stereocenters. The van der Waals surface area contributed by atoms with Crippen molar-refractivity contribution in [3.8, 4) is 0 Å². The molecule has 1 aliphatic heterocycles. The third kappa shape index (κ3) is 6.95. The Bertz CT molecular complexity index is 1560. The predicted molar refractivity (Wildman–Crippen MR) is 156 cm³/mol. The number of halogens is 2. The lowest BCUT2D eigenvalue weighted by atomic mass is 10.0. The highest BCUT2D eigenvalue weighted by atomic mass is 35.5. The maximum absolute atomic E-state index is 15.2. The van der Waals surface area contributed by atoms with Gasteiger partial charge in [-0.15, -0.1) is 0 Å². The lowest BCUT2D eigenvalue weighted by Gasteiger charge is -2.35. The smallest absolute Gasteiger partial charge is 0.323 e. The van der Waals surface area contributed by atoms with Crippen LogP contribution >= 0.6 is 11.6 Å². The molecule has 2 N–H and O–H groups in total. The molecule has 1 aliphatic rings. The molecule has 2 heterocycles. The molecular formula is C31H27ClFN5O3. The molecule has 208 valence electrons. The molecule has 1 aromatic heterocycles. The fourth-order valence-electron chi connectivity index (χ4n) is 4.62. The number of carbonyl (C=O) groups excluding carboxylic acids is 3. The molecule has 8 nitrogen and oxygen atoms in total. The van der Waals surface area contributed by atoms with Gasteiger partial charge in [0.2, 0.25) is 0 Å². The highest BCUT2D eigenvalue weighted by Crippen LogP contribution is 2.21. The summed E-state index contributed by atoms with van der Waals surface area (Å²) in [5.74, 6) is -0.801. The summed E-state index contributed by atoms with van der Waals surface area (Å²) in [6.07, 6.45) is 1.40. The number of rotatable bonds is 7. The minimum absolute atomic E-state index is 0.0562. The highest BCUT2D eigenvalue weighted by Gasteiger charge is 2.24. The molecule has 10 heteroatoms. The second-order valence-electron chi connectivity index (χ2n) is 9.57. The Kier molecular flexibility index (Phi) is 8.67. The number of piperazine rings is 1. The van der Waals surface area contributed by atoms with Gasteiger partial charge in [-0.3, -0.25) is 14.5 Å². The van der Waals surface area contributed by atoms with Gasteiger partial charge in [0, 0.05) is 55.0 Å². The molecular weight excluding hydrogens is 545 g/mol. The summed E-state index contributed by atoms with van der Waals surface area (Å²) in [7, 11) is 0. The van der Waals surface area contributed by atoms with E-state index in [4.69, 9.17) is 11.6 Å². The standard InChI is InChI=1S/C31H27ClFN5O3/c32-27-13-12-25(19-34-27)35-31(41)36-26-11-5-10-24(28(26)33)20-37-14-16-38(17-15-37)30(40)23-9-4-8-22(18-23)29(39)21-6-2-1-3-7-21/h1-13,18-19H,14-17,20H2,(H2,35,36,41). The number of aromatic nitrogens is 1. The van der Waals surface area contributed by atoms with Crippen molar-refractivity contribution in [3.05, 3.63) is 124 Å². The summed E-state index contributed by atoms with van der Waals surface area (Å²) in [5, 5.41) is 5.42. The number of hydrogen-bond donors (Lipinski definition) is 2. The van der Waals surface area contributed by atoms with Crippen LogP contribution in [0.15, 0.2) is 91.1 Å². The molecule has 3 aromatic carbocycles. The molecule has 0 spiro atoms. The number of anilines is 2. The van der Waals surface area contributed by atoms with Crippen LogP contribution in [0.5, 0.6) is 0 Å². The van der Waals surface area contributed by atoms with Gasteiger partial charge in [0.25, 0.3) is 5.91 Å². The van der Waals surface area contributed by atoms with Crippen molar-refractivity contribution in [2.45, 2.75) is 6.54 Å². The van der Waals surface area contributed by atoms with Crippen molar-refractivity contribution in [2.75, 3.05) is 36.8 Å². The lowest BCUT2D eigenvalue weighted by Crippen LogP contribution is -2.48. The maximum Gasteiger partial charge on any atom is 0.323 e. The summed E-state index contributed by atoms with van der Waals surface area (Å²) >= 11 is 5.76. The van der Waals surface area contributed by atoms with Gasteiger partial charge < -0.3 is 15.5 Å². The number of ketones is 1. The number of carbonyl (C=O) groups is 3. The van der Waals surface area contributed by atoms with Crippen LogP contribution in [0.25, 0.3) is 0 Å². The number of nitrogens with zero attached hydrogens (tertiary/aromatic N) is 3. The van der Waals surface area contributed by atoms with E-state index < -0.39 is 11.8 Å². The molecule has 41 heavy (non-hydrogen) atoms. The minimum Gasteiger partial charge on any atom is -0.336 e. The molecule has 3 amide bonds. The Morgan fingerprint density at radius 1 is 0.805 bits per heavy atom. The maximum atomic E-state index is 15.2. The summed E-state index contributed by atoms with van der Waals surface area (Å²) in [6, 6.07) is 23.1. The topological polar surface area (TPSA) is 94.6 Å². The van der Waals surface area contributed by atoms with Crippen molar-refractivity contribution in [2.24, 2.45) is 0 Å². The zero-order valence-corrected chi connectivity index (χ0v) is 22.8. The van der Waals surface area contributed by atoms with Crippen molar-refractivity contribution >= 4 is 40.7 Å². The van der Waals surface area contributed by atoms with Gasteiger partial charge in [-0.1, -0.05) is 66.2 Å². The predicted octanol–water partition coefficient (Wildman–Crippen LogP) is 5.71. The van der Waals surface area contributed by atoms with E-state index in [9.17, 15) is 14.4 Å². The number of nitrogens with one attached hydrogen (secondary N) is 2. The van der Waals surface area contributed by atoms with E-state index in [1.165, 1.54) is 18.3 Å². The number of amides is 3. The van der Waals surface area contributed by atoms with Gasteiger partial charge in [-0.05, 0) is 30.3 Å². The molecule has 0 bridgehead atoms. The van der Waals surface area contributed by atoms with Crippen LogP contribution in [0, 0.1) is 5.82 Å². The van der Waals surface area contributed by atoms with Crippen LogP contribution in [0.2, 0.25) is 5.15 Å². The Morgan fingerprint density at radius 3 is 2.24 bits per heavy atom. The van der Waals surface area contributed by atoms with Crippen LogP contribution in [0.4, 0.5) is 20.6 Å². The van der Waals surface area contributed by atoms with E-state index in [-0.39, 0.29) is 17.4 Å². The number of pyridine rings is 1. The molecule has 1 fully saturated rings. The van der Waals surface area contributed by atoms with E-state index >= 15 is 4.39 Å². The third-order valence-electron chi connectivity index (χ3n) is 6.77. The number of hydrogen-bond acceptors (Lipinski definition) is 5. The van der Waals surface area contributed by atoms with Crippen molar-refractivity contribution in [3.63, 3.8) is 0 Å². The molecule has 0 unspecified atom stereocenters. The third-order valence-corrected chi connectivity index (χ3v) is 7.00. The first kappa shape index (κ1) is 27.9. The fraction of sp³-hybridized carbons (Fsp3) is 0.161. The van der Waals surface area contributed by atoms with Crippen molar-refractivity contribution < 1.29 is 18.8 Å². The summed E-state index contributed by atoms with van der Waals surface area (Å²) < 4.78 is 15.2. The van der Waals surface area contributed by atoms with Crippen molar-refractivity contribution in [1.29, 1.82) is 0 Å². The summed E-state index contributed by atoms with van der Waals surface area (Å²) in [5.41, 5.74) is 2.39. The Balaban J connectivity index is 1.16. The first-order chi connectivity index (χ1) is 19.9. The van der Waals surface area contributed by atoms with Gasteiger partial charge in [-0.2, -0.15) is 0 Å². The molecule has 1 saturated heterocycles. The average Bonchev–Trinajstić information content (AvgIpc) is 3.00. The molecule has 0 saturated carbocycles.